The van der Waals surface area contributed by atoms with E-state index in [1.165, 1.54) is 0 Å². The van der Waals surface area contributed by atoms with Crippen LogP contribution in [-0.2, 0) is 0 Å². The smallest absolute Gasteiger partial charge is 0.210 e. The highest BCUT2D eigenvalue weighted by Gasteiger charge is 2.32. The van der Waals surface area contributed by atoms with Gasteiger partial charge in [0.15, 0.2) is 0 Å². The van der Waals surface area contributed by atoms with Gasteiger partial charge >= 0.3 is 0 Å². The highest BCUT2D eigenvalue weighted by atomic mass is 79.9. The molecule has 0 aromatic heterocycles. The number of halogens is 3. The Bertz CT molecular complexity index is 334. The Labute approximate surface area is 103 Å². The number of rotatable bonds is 2. The molecule has 2 atom stereocenters. The second kappa shape index (κ2) is 5.26. The predicted molar refractivity (Wildman–Crippen MR) is 64.8 cm³/mol. The van der Waals surface area contributed by atoms with Crippen LogP contribution in [0, 0.1) is 5.92 Å². The van der Waals surface area contributed by atoms with Crippen LogP contribution in [0.5, 0.6) is 0 Å². The van der Waals surface area contributed by atoms with Gasteiger partial charge in [0, 0.05) is 10.4 Å². The predicted octanol–water partition coefficient (Wildman–Crippen LogP) is 4.99. The second-order valence-corrected chi connectivity index (χ2v) is 5.36. The lowest BCUT2D eigenvalue weighted by Gasteiger charge is -2.31. The van der Waals surface area contributed by atoms with Crippen molar-refractivity contribution in [3.05, 3.63) is 34.3 Å². The first kappa shape index (κ1) is 12.0. The lowest BCUT2D eigenvalue weighted by atomic mass is 9.76. The van der Waals surface area contributed by atoms with E-state index in [0.29, 0.717) is 6.42 Å². The first-order valence-corrected chi connectivity index (χ1v) is 6.51. The molecule has 2 unspecified atom stereocenters. The molecule has 16 heavy (non-hydrogen) atoms. The van der Waals surface area contributed by atoms with Crippen LogP contribution >= 0.6 is 15.9 Å². The van der Waals surface area contributed by atoms with E-state index in [2.05, 4.69) is 15.9 Å². The minimum atomic E-state index is -2.19. The molecule has 1 aliphatic carbocycles. The summed E-state index contributed by atoms with van der Waals surface area (Å²) in [5.41, 5.74) is 1.06. The molecular weight excluding hydrogens is 274 g/mol. The van der Waals surface area contributed by atoms with Crippen LogP contribution in [0.25, 0.3) is 0 Å². The molecule has 0 spiro atoms. The van der Waals surface area contributed by atoms with Gasteiger partial charge in [0.2, 0.25) is 6.43 Å². The number of hydrogen-bond acceptors (Lipinski definition) is 0. The van der Waals surface area contributed by atoms with Crippen LogP contribution in [0.2, 0.25) is 0 Å². The zero-order valence-electron chi connectivity index (χ0n) is 9.00. The maximum absolute atomic E-state index is 12.9. The van der Waals surface area contributed by atoms with Crippen LogP contribution in [-0.4, -0.2) is 6.43 Å². The van der Waals surface area contributed by atoms with Crippen molar-refractivity contribution in [2.75, 3.05) is 0 Å². The van der Waals surface area contributed by atoms with Crippen molar-refractivity contribution >= 4 is 15.9 Å². The second-order valence-electron chi connectivity index (χ2n) is 4.44. The maximum Gasteiger partial charge on any atom is 0.242 e. The number of benzene rings is 1. The van der Waals surface area contributed by atoms with Gasteiger partial charge in [-0.05, 0) is 36.5 Å². The molecule has 0 saturated heterocycles. The molecule has 88 valence electrons. The van der Waals surface area contributed by atoms with E-state index < -0.39 is 12.3 Å². The van der Waals surface area contributed by atoms with Crippen LogP contribution in [0.3, 0.4) is 0 Å². The molecule has 1 aliphatic rings. The molecule has 1 saturated carbocycles. The van der Waals surface area contributed by atoms with Gasteiger partial charge in [0.05, 0.1) is 0 Å². The summed E-state index contributed by atoms with van der Waals surface area (Å²) in [5.74, 6) is -0.406. The average Bonchev–Trinajstić information content (AvgIpc) is 2.30. The minimum Gasteiger partial charge on any atom is -0.210 e. The minimum absolute atomic E-state index is 0.0434. The molecule has 1 fully saturated rings. The van der Waals surface area contributed by atoms with Crippen LogP contribution in [0.1, 0.15) is 37.2 Å². The van der Waals surface area contributed by atoms with Crippen molar-refractivity contribution < 1.29 is 8.78 Å². The lowest BCUT2D eigenvalue weighted by Crippen LogP contribution is -2.24. The number of alkyl halides is 2. The largest absolute Gasteiger partial charge is 0.242 e. The fraction of sp³-hybridized carbons (Fsp3) is 0.538. The van der Waals surface area contributed by atoms with Crippen molar-refractivity contribution in [3.8, 4) is 0 Å². The number of hydrogen-bond donors (Lipinski definition) is 0. The van der Waals surface area contributed by atoms with E-state index in [9.17, 15) is 8.78 Å². The molecule has 0 bridgehead atoms. The zero-order valence-corrected chi connectivity index (χ0v) is 10.6. The van der Waals surface area contributed by atoms with Gasteiger partial charge in [0.1, 0.15) is 0 Å². The van der Waals surface area contributed by atoms with E-state index >= 15 is 0 Å². The lowest BCUT2D eigenvalue weighted by molar-refractivity contribution is 0.0430. The summed E-state index contributed by atoms with van der Waals surface area (Å²) in [5, 5.41) is 0. The molecule has 0 aliphatic heterocycles. The molecule has 0 nitrogen and oxygen atoms in total. The molecule has 0 heterocycles. The summed E-state index contributed by atoms with van der Waals surface area (Å²) < 4.78 is 26.9. The summed E-state index contributed by atoms with van der Waals surface area (Å²) >= 11 is 3.37. The fourth-order valence-corrected chi connectivity index (χ4v) is 2.85. The first-order chi connectivity index (χ1) is 7.68. The Morgan fingerprint density at radius 3 is 2.31 bits per heavy atom. The Morgan fingerprint density at radius 2 is 1.69 bits per heavy atom. The van der Waals surface area contributed by atoms with E-state index in [-0.39, 0.29) is 5.92 Å². The average molecular weight is 289 g/mol. The van der Waals surface area contributed by atoms with Gasteiger partial charge in [-0.25, -0.2) is 8.78 Å². The Kier molecular flexibility index (Phi) is 3.95. The Hall–Kier alpha value is -0.440. The fourth-order valence-electron chi connectivity index (χ4n) is 2.58. The molecule has 0 N–H and O–H groups in total. The third-order valence-corrected chi connectivity index (χ3v) is 3.97. The van der Waals surface area contributed by atoms with E-state index in [0.717, 1.165) is 29.3 Å². The van der Waals surface area contributed by atoms with Gasteiger partial charge in [-0.2, -0.15) is 0 Å². The Balaban J connectivity index is 2.19. The van der Waals surface area contributed by atoms with Crippen LogP contribution in [0.4, 0.5) is 8.78 Å². The van der Waals surface area contributed by atoms with Crippen LogP contribution < -0.4 is 0 Å². The van der Waals surface area contributed by atoms with Gasteiger partial charge in [-0.3, -0.25) is 0 Å². The summed E-state index contributed by atoms with van der Waals surface area (Å²) in [6.07, 6.45) is 1.40. The van der Waals surface area contributed by atoms with E-state index in [1.807, 2.05) is 24.3 Å². The Morgan fingerprint density at radius 1 is 1.06 bits per heavy atom. The maximum atomic E-state index is 12.9. The summed E-state index contributed by atoms with van der Waals surface area (Å²) in [7, 11) is 0. The molecule has 0 radical (unpaired) electrons. The normalized spacial score (nSPS) is 26.0. The molecule has 2 rings (SSSR count). The quantitative estimate of drug-likeness (QED) is 0.719. The standard InChI is InChI=1S/C13H15BrF2/c14-10-7-5-9(6-8-10)11-3-1-2-4-12(11)13(15)16/h5-8,11-13H,1-4H2. The third kappa shape index (κ3) is 2.62. The van der Waals surface area contributed by atoms with Gasteiger partial charge in [0.25, 0.3) is 0 Å². The molecule has 3 heteroatoms. The first-order valence-electron chi connectivity index (χ1n) is 5.72. The van der Waals surface area contributed by atoms with Crippen molar-refractivity contribution in [1.82, 2.24) is 0 Å². The van der Waals surface area contributed by atoms with E-state index in [1.54, 1.807) is 0 Å². The summed E-state index contributed by atoms with van der Waals surface area (Å²) in [4.78, 5) is 0. The van der Waals surface area contributed by atoms with Gasteiger partial charge < -0.3 is 0 Å². The topological polar surface area (TPSA) is 0 Å². The van der Waals surface area contributed by atoms with Gasteiger partial charge in [-0.1, -0.05) is 40.9 Å². The molecule has 1 aromatic rings. The summed E-state index contributed by atoms with van der Waals surface area (Å²) in [6, 6.07) is 7.81. The highest BCUT2D eigenvalue weighted by Crippen LogP contribution is 2.41. The van der Waals surface area contributed by atoms with Gasteiger partial charge in [-0.15, -0.1) is 0 Å². The monoisotopic (exact) mass is 288 g/mol. The molecular formula is C13H15BrF2. The van der Waals surface area contributed by atoms with Crippen molar-refractivity contribution in [3.63, 3.8) is 0 Å². The SMILES string of the molecule is FC(F)C1CCCCC1c1ccc(Br)cc1. The summed E-state index contributed by atoms with van der Waals surface area (Å²) in [6.45, 7) is 0. The van der Waals surface area contributed by atoms with Crippen LogP contribution in [0.15, 0.2) is 28.7 Å². The molecule has 1 aromatic carbocycles. The van der Waals surface area contributed by atoms with Crippen molar-refractivity contribution in [2.24, 2.45) is 5.92 Å². The highest BCUT2D eigenvalue weighted by molar-refractivity contribution is 9.10. The molecule has 0 amide bonds. The zero-order chi connectivity index (χ0) is 11.5. The van der Waals surface area contributed by atoms with E-state index in [4.69, 9.17) is 0 Å². The van der Waals surface area contributed by atoms with Crippen molar-refractivity contribution in [1.29, 1.82) is 0 Å². The van der Waals surface area contributed by atoms with Crippen molar-refractivity contribution in [2.45, 2.75) is 38.0 Å². The third-order valence-electron chi connectivity index (χ3n) is 3.44.